The van der Waals surface area contributed by atoms with Crippen molar-refractivity contribution in [2.24, 2.45) is 5.73 Å². The van der Waals surface area contributed by atoms with Gasteiger partial charge in [-0.25, -0.2) is 4.98 Å². The highest BCUT2D eigenvalue weighted by atomic mass is 16.5. The van der Waals surface area contributed by atoms with Gasteiger partial charge in [0.15, 0.2) is 0 Å². The Labute approximate surface area is 116 Å². The van der Waals surface area contributed by atoms with E-state index in [1.54, 1.807) is 0 Å². The molecule has 3 aromatic rings. The lowest BCUT2D eigenvalue weighted by Crippen LogP contribution is -2.04. The number of H-pyrrole nitrogens is 1. The highest BCUT2D eigenvalue weighted by Gasteiger charge is 2.27. The summed E-state index contributed by atoms with van der Waals surface area (Å²) in [6, 6.07) is 14.2. The maximum Gasteiger partial charge on any atom is 0.123 e. The zero-order valence-electron chi connectivity index (χ0n) is 11.0. The first-order valence-corrected chi connectivity index (χ1v) is 6.76. The molecule has 1 unspecified atom stereocenters. The number of nitrogens with two attached hydrogens (primary N) is 1. The molecular formula is C16H15N3O. The predicted molar refractivity (Wildman–Crippen MR) is 77.8 cm³/mol. The van der Waals surface area contributed by atoms with Crippen LogP contribution < -0.4 is 10.5 Å². The number of benzene rings is 2. The van der Waals surface area contributed by atoms with Gasteiger partial charge in [0.2, 0.25) is 0 Å². The van der Waals surface area contributed by atoms with Gasteiger partial charge in [-0.3, -0.25) is 0 Å². The summed E-state index contributed by atoms with van der Waals surface area (Å²) in [5.74, 6) is 2.08. The monoisotopic (exact) mass is 265 g/mol. The molecule has 2 aromatic carbocycles. The molecule has 4 nitrogen and oxygen atoms in total. The van der Waals surface area contributed by atoms with Gasteiger partial charge in [-0.15, -0.1) is 0 Å². The summed E-state index contributed by atoms with van der Waals surface area (Å²) in [5, 5.41) is 0. The van der Waals surface area contributed by atoms with Crippen molar-refractivity contribution < 1.29 is 4.74 Å². The molecule has 4 rings (SSSR count). The number of nitrogens with zero attached hydrogens (tertiary/aromatic N) is 1. The van der Waals surface area contributed by atoms with E-state index in [0.717, 1.165) is 28.2 Å². The first-order chi connectivity index (χ1) is 9.86. The van der Waals surface area contributed by atoms with Crippen LogP contribution in [0, 0.1) is 0 Å². The molecule has 1 atom stereocenters. The minimum atomic E-state index is 0.171. The van der Waals surface area contributed by atoms with Crippen molar-refractivity contribution in [2.75, 3.05) is 6.61 Å². The first kappa shape index (κ1) is 11.5. The molecule has 4 heteroatoms. The molecule has 0 saturated heterocycles. The van der Waals surface area contributed by atoms with E-state index < -0.39 is 0 Å². The lowest BCUT2D eigenvalue weighted by Gasteiger charge is -2.04. The third-order valence-corrected chi connectivity index (χ3v) is 3.86. The Kier molecular flexibility index (Phi) is 2.50. The van der Waals surface area contributed by atoms with Crippen LogP contribution in [0.1, 0.15) is 22.9 Å². The summed E-state index contributed by atoms with van der Waals surface area (Å²) in [6.45, 7) is 1.14. The van der Waals surface area contributed by atoms with Gasteiger partial charge in [0, 0.05) is 12.1 Å². The molecule has 0 amide bonds. The van der Waals surface area contributed by atoms with Crippen LogP contribution >= 0.6 is 0 Å². The van der Waals surface area contributed by atoms with Gasteiger partial charge in [0.05, 0.1) is 17.0 Å². The van der Waals surface area contributed by atoms with E-state index in [2.05, 4.69) is 11.1 Å². The van der Waals surface area contributed by atoms with Crippen molar-refractivity contribution in [2.45, 2.75) is 12.5 Å². The van der Waals surface area contributed by atoms with Crippen molar-refractivity contribution in [3.63, 3.8) is 0 Å². The van der Waals surface area contributed by atoms with E-state index >= 15 is 0 Å². The average molecular weight is 265 g/mol. The van der Waals surface area contributed by atoms with E-state index in [-0.39, 0.29) is 5.92 Å². The summed E-state index contributed by atoms with van der Waals surface area (Å²) < 4.78 is 5.73. The third kappa shape index (κ3) is 1.62. The quantitative estimate of drug-likeness (QED) is 0.748. The summed E-state index contributed by atoms with van der Waals surface area (Å²) in [5.41, 5.74) is 10.0. The third-order valence-electron chi connectivity index (χ3n) is 3.86. The molecule has 0 aliphatic carbocycles. The summed E-state index contributed by atoms with van der Waals surface area (Å²) in [7, 11) is 0. The van der Waals surface area contributed by atoms with Crippen LogP contribution in [0.3, 0.4) is 0 Å². The second-order valence-corrected chi connectivity index (χ2v) is 5.04. The Hall–Kier alpha value is -2.33. The van der Waals surface area contributed by atoms with E-state index in [4.69, 9.17) is 15.5 Å². The van der Waals surface area contributed by atoms with Gasteiger partial charge in [-0.2, -0.15) is 0 Å². The Morgan fingerprint density at radius 1 is 1.20 bits per heavy atom. The van der Waals surface area contributed by atoms with E-state index in [9.17, 15) is 0 Å². The van der Waals surface area contributed by atoms with Crippen molar-refractivity contribution in [3.05, 3.63) is 59.4 Å². The largest absolute Gasteiger partial charge is 0.492 e. The molecule has 1 aliphatic heterocycles. The number of nitrogens with one attached hydrogen (secondary N) is 1. The molecule has 2 heterocycles. The number of aromatic nitrogens is 2. The Bertz CT molecular complexity index is 778. The molecule has 20 heavy (non-hydrogen) atoms. The van der Waals surface area contributed by atoms with Crippen LogP contribution in [0.25, 0.3) is 11.0 Å². The van der Waals surface area contributed by atoms with E-state index in [1.165, 1.54) is 5.56 Å². The lowest BCUT2D eigenvalue weighted by atomic mass is 10.0. The Balaban J connectivity index is 1.84. The average Bonchev–Trinajstić information content (AvgIpc) is 3.10. The standard InChI is InChI=1S/C16H15N3O/c17-8-10-4-3-6-13-15(10)19-16(18-13)12-9-20-14-7-2-1-5-11(12)14/h1-7,12H,8-9,17H2,(H,18,19). The summed E-state index contributed by atoms with van der Waals surface area (Å²) in [6.07, 6.45) is 0. The number of ether oxygens (including phenoxy) is 1. The number of aromatic amines is 1. The van der Waals surface area contributed by atoms with Gasteiger partial charge in [-0.1, -0.05) is 30.3 Å². The first-order valence-electron chi connectivity index (χ1n) is 6.76. The molecule has 0 spiro atoms. The highest BCUT2D eigenvalue weighted by Crippen LogP contribution is 2.37. The minimum absolute atomic E-state index is 0.171. The van der Waals surface area contributed by atoms with Crippen molar-refractivity contribution in [1.29, 1.82) is 0 Å². The van der Waals surface area contributed by atoms with E-state index in [1.807, 2.05) is 36.4 Å². The molecule has 3 N–H and O–H groups in total. The smallest absolute Gasteiger partial charge is 0.123 e. The number of imidazole rings is 1. The predicted octanol–water partition coefficient (Wildman–Crippen LogP) is 2.55. The van der Waals surface area contributed by atoms with Crippen molar-refractivity contribution in [3.8, 4) is 5.75 Å². The number of para-hydroxylation sites is 2. The normalized spacial score (nSPS) is 17.1. The summed E-state index contributed by atoms with van der Waals surface area (Å²) in [4.78, 5) is 8.16. The van der Waals surface area contributed by atoms with Crippen molar-refractivity contribution in [1.82, 2.24) is 9.97 Å². The van der Waals surface area contributed by atoms with Gasteiger partial charge in [0.25, 0.3) is 0 Å². The van der Waals surface area contributed by atoms with Crippen LogP contribution in [0.15, 0.2) is 42.5 Å². The zero-order chi connectivity index (χ0) is 13.5. The van der Waals surface area contributed by atoms with Gasteiger partial charge < -0.3 is 15.5 Å². The maximum absolute atomic E-state index is 5.78. The fraction of sp³-hybridized carbons (Fsp3) is 0.188. The Morgan fingerprint density at radius 2 is 2.10 bits per heavy atom. The maximum atomic E-state index is 5.78. The van der Waals surface area contributed by atoms with Crippen LogP contribution in [-0.2, 0) is 6.54 Å². The molecule has 0 saturated carbocycles. The SMILES string of the molecule is NCc1cccc2[nH]c(C3COc4ccccc43)nc12. The molecule has 1 aliphatic rings. The fourth-order valence-corrected chi connectivity index (χ4v) is 2.83. The van der Waals surface area contributed by atoms with Gasteiger partial charge in [0.1, 0.15) is 18.2 Å². The summed E-state index contributed by atoms with van der Waals surface area (Å²) >= 11 is 0. The van der Waals surface area contributed by atoms with E-state index in [0.29, 0.717) is 13.2 Å². The molecule has 1 aromatic heterocycles. The van der Waals surface area contributed by atoms with Gasteiger partial charge >= 0.3 is 0 Å². The van der Waals surface area contributed by atoms with Crippen LogP contribution in [0.4, 0.5) is 0 Å². The molecule has 0 radical (unpaired) electrons. The number of hydrogen-bond donors (Lipinski definition) is 2. The van der Waals surface area contributed by atoms with Crippen LogP contribution in [0.2, 0.25) is 0 Å². The second kappa shape index (κ2) is 4.35. The fourth-order valence-electron chi connectivity index (χ4n) is 2.83. The molecular weight excluding hydrogens is 250 g/mol. The Morgan fingerprint density at radius 3 is 3.00 bits per heavy atom. The number of hydrogen-bond acceptors (Lipinski definition) is 3. The topological polar surface area (TPSA) is 63.9 Å². The number of fused-ring (bicyclic) bond motifs is 2. The molecule has 100 valence electrons. The molecule has 0 bridgehead atoms. The van der Waals surface area contributed by atoms with Crippen molar-refractivity contribution >= 4 is 11.0 Å². The zero-order valence-corrected chi connectivity index (χ0v) is 11.0. The van der Waals surface area contributed by atoms with Crippen LogP contribution in [0.5, 0.6) is 5.75 Å². The second-order valence-electron chi connectivity index (χ2n) is 5.04. The highest BCUT2D eigenvalue weighted by molar-refractivity contribution is 5.79. The van der Waals surface area contributed by atoms with Gasteiger partial charge in [-0.05, 0) is 17.7 Å². The number of rotatable bonds is 2. The van der Waals surface area contributed by atoms with Crippen LogP contribution in [-0.4, -0.2) is 16.6 Å². The molecule has 0 fully saturated rings. The lowest BCUT2D eigenvalue weighted by molar-refractivity contribution is 0.340. The minimum Gasteiger partial charge on any atom is -0.492 e.